The van der Waals surface area contributed by atoms with E-state index in [1.54, 1.807) is 10.9 Å². The first-order chi connectivity index (χ1) is 8.25. The van der Waals surface area contributed by atoms with Crippen LogP contribution in [-0.2, 0) is 11.8 Å². The smallest absolute Gasteiger partial charge is 0.224 e. The van der Waals surface area contributed by atoms with Gasteiger partial charge in [-0.2, -0.15) is 15.1 Å². The molecule has 3 rings (SSSR count). The van der Waals surface area contributed by atoms with E-state index in [0.717, 1.165) is 29.9 Å². The van der Waals surface area contributed by atoms with Crippen LogP contribution in [0.15, 0.2) is 6.20 Å². The maximum Gasteiger partial charge on any atom is 0.224 e. The van der Waals surface area contributed by atoms with Crippen LogP contribution in [-0.4, -0.2) is 46.1 Å². The number of anilines is 2. The standard InChI is InChI=1S/C10H14N6O/c1-15-8-7(6-12-15)9(14-10(11)13-8)16-2-4-17-5-3-16/h6H,2-5H2,1H3,(H2,11,13,14). The lowest BCUT2D eigenvalue weighted by atomic mass is 10.3. The Morgan fingerprint density at radius 2 is 2.06 bits per heavy atom. The van der Waals surface area contributed by atoms with Gasteiger partial charge in [-0.15, -0.1) is 0 Å². The van der Waals surface area contributed by atoms with Gasteiger partial charge >= 0.3 is 0 Å². The van der Waals surface area contributed by atoms with Crippen LogP contribution in [0, 0.1) is 0 Å². The number of fused-ring (bicyclic) bond motifs is 1. The summed E-state index contributed by atoms with van der Waals surface area (Å²) >= 11 is 0. The largest absolute Gasteiger partial charge is 0.378 e. The first kappa shape index (κ1) is 10.3. The summed E-state index contributed by atoms with van der Waals surface area (Å²) in [5.74, 6) is 1.13. The van der Waals surface area contributed by atoms with Crippen LogP contribution in [0.5, 0.6) is 0 Å². The quantitative estimate of drug-likeness (QED) is 0.734. The molecule has 2 N–H and O–H groups in total. The molecule has 2 aromatic heterocycles. The van der Waals surface area contributed by atoms with E-state index in [9.17, 15) is 0 Å². The number of aromatic nitrogens is 4. The molecule has 0 atom stereocenters. The average Bonchev–Trinajstić information content (AvgIpc) is 2.72. The third-order valence-electron chi connectivity index (χ3n) is 2.90. The lowest BCUT2D eigenvalue weighted by molar-refractivity contribution is 0.122. The monoisotopic (exact) mass is 234 g/mol. The highest BCUT2D eigenvalue weighted by Crippen LogP contribution is 2.24. The maximum atomic E-state index is 5.74. The molecule has 7 heteroatoms. The van der Waals surface area contributed by atoms with Crippen molar-refractivity contribution in [3.05, 3.63) is 6.20 Å². The van der Waals surface area contributed by atoms with Crippen LogP contribution in [0.25, 0.3) is 11.0 Å². The van der Waals surface area contributed by atoms with Gasteiger partial charge in [0.2, 0.25) is 5.95 Å². The summed E-state index contributed by atoms with van der Waals surface area (Å²) in [6.07, 6.45) is 1.78. The fraction of sp³-hybridized carbons (Fsp3) is 0.500. The lowest BCUT2D eigenvalue weighted by Gasteiger charge is -2.28. The highest BCUT2D eigenvalue weighted by Gasteiger charge is 2.18. The van der Waals surface area contributed by atoms with Crippen molar-refractivity contribution in [2.75, 3.05) is 36.9 Å². The van der Waals surface area contributed by atoms with E-state index in [4.69, 9.17) is 10.5 Å². The number of nitrogens with zero attached hydrogens (tertiary/aromatic N) is 5. The molecule has 1 aliphatic rings. The van der Waals surface area contributed by atoms with Crippen molar-refractivity contribution in [3.63, 3.8) is 0 Å². The number of hydrogen-bond donors (Lipinski definition) is 1. The highest BCUT2D eigenvalue weighted by molar-refractivity contribution is 5.87. The van der Waals surface area contributed by atoms with Crippen molar-refractivity contribution >= 4 is 22.8 Å². The van der Waals surface area contributed by atoms with E-state index >= 15 is 0 Å². The Morgan fingerprint density at radius 1 is 1.29 bits per heavy atom. The molecule has 7 nitrogen and oxygen atoms in total. The molecule has 1 saturated heterocycles. The molecule has 0 unspecified atom stereocenters. The summed E-state index contributed by atoms with van der Waals surface area (Å²) in [6, 6.07) is 0. The predicted molar refractivity (Wildman–Crippen MR) is 63.7 cm³/mol. The van der Waals surface area contributed by atoms with Gasteiger partial charge in [0.1, 0.15) is 5.82 Å². The summed E-state index contributed by atoms with van der Waals surface area (Å²) in [6.45, 7) is 3.07. The molecule has 0 aromatic carbocycles. The third kappa shape index (κ3) is 1.68. The summed E-state index contributed by atoms with van der Waals surface area (Å²) in [4.78, 5) is 10.7. The zero-order chi connectivity index (χ0) is 11.8. The van der Waals surface area contributed by atoms with Crippen molar-refractivity contribution < 1.29 is 4.74 Å². The van der Waals surface area contributed by atoms with Gasteiger partial charge in [-0.05, 0) is 0 Å². The van der Waals surface area contributed by atoms with Crippen LogP contribution in [0.4, 0.5) is 11.8 Å². The fourth-order valence-electron chi connectivity index (χ4n) is 2.04. The lowest BCUT2D eigenvalue weighted by Crippen LogP contribution is -2.37. The van der Waals surface area contributed by atoms with E-state index in [-0.39, 0.29) is 5.95 Å². The molecule has 0 aliphatic carbocycles. The summed E-state index contributed by atoms with van der Waals surface area (Å²) in [7, 11) is 1.85. The Balaban J connectivity index is 2.13. The zero-order valence-electron chi connectivity index (χ0n) is 9.63. The number of ether oxygens (including phenoxy) is 1. The van der Waals surface area contributed by atoms with Gasteiger partial charge in [-0.1, -0.05) is 0 Å². The fourth-order valence-corrected chi connectivity index (χ4v) is 2.04. The SMILES string of the molecule is Cn1ncc2c(N3CCOCC3)nc(N)nc21. The van der Waals surface area contributed by atoms with E-state index in [0.29, 0.717) is 13.2 Å². The Bertz CT molecular complexity index is 545. The summed E-state index contributed by atoms with van der Waals surface area (Å²) in [5, 5.41) is 5.13. The van der Waals surface area contributed by atoms with Gasteiger partial charge in [0.25, 0.3) is 0 Å². The normalized spacial score (nSPS) is 16.6. The van der Waals surface area contributed by atoms with Gasteiger partial charge in [-0.3, -0.25) is 4.68 Å². The molecule has 2 aromatic rings. The highest BCUT2D eigenvalue weighted by atomic mass is 16.5. The topological polar surface area (TPSA) is 82.1 Å². The Morgan fingerprint density at radius 3 is 2.82 bits per heavy atom. The Labute approximate surface area is 98.2 Å². The molecule has 0 amide bonds. The van der Waals surface area contributed by atoms with Crippen molar-refractivity contribution in [3.8, 4) is 0 Å². The average molecular weight is 234 g/mol. The number of hydrogen-bond acceptors (Lipinski definition) is 6. The van der Waals surface area contributed by atoms with Crippen molar-refractivity contribution in [1.82, 2.24) is 19.7 Å². The molecule has 1 aliphatic heterocycles. The molecule has 0 saturated carbocycles. The molecule has 0 bridgehead atoms. The molecular formula is C10H14N6O. The maximum absolute atomic E-state index is 5.74. The molecule has 90 valence electrons. The number of nitrogens with two attached hydrogens (primary N) is 1. The van der Waals surface area contributed by atoms with Crippen molar-refractivity contribution in [1.29, 1.82) is 0 Å². The van der Waals surface area contributed by atoms with Gasteiger partial charge in [-0.25, -0.2) is 0 Å². The summed E-state index contributed by atoms with van der Waals surface area (Å²) < 4.78 is 7.04. The van der Waals surface area contributed by atoms with Crippen LogP contribution < -0.4 is 10.6 Å². The van der Waals surface area contributed by atoms with Gasteiger partial charge in [0.05, 0.1) is 24.8 Å². The second-order valence-corrected chi connectivity index (χ2v) is 4.01. The van der Waals surface area contributed by atoms with E-state index in [1.807, 2.05) is 7.05 Å². The minimum Gasteiger partial charge on any atom is -0.378 e. The predicted octanol–water partition coefficient (Wildman–Crippen LogP) is -0.218. The van der Waals surface area contributed by atoms with Crippen LogP contribution >= 0.6 is 0 Å². The van der Waals surface area contributed by atoms with Crippen LogP contribution in [0.1, 0.15) is 0 Å². The minimum atomic E-state index is 0.280. The first-order valence-electron chi connectivity index (χ1n) is 5.53. The van der Waals surface area contributed by atoms with Gasteiger partial charge < -0.3 is 15.4 Å². The molecule has 3 heterocycles. The van der Waals surface area contributed by atoms with Gasteiger partial charge in [0.15, 0.2) is 5.65 Å². The minimum absolute atomic E-state index is 0.280. The zero-order valence-corrected chi connectivity index (χ0v) is 9.63. The van der Waals surface area contributed by atoms with Crippen molar-refractivity contribution in [2.24, 2.45) is 7.05 Å². The number of morpholine rings is 1. The van der Waals surface area contributed by atoms with E-state index in [1.165, 1.54) is 0 Å². The van der Waals surface area contributed by atoms with E-state index in [2.05, 4.69) is 20.0 Å². The second kappa shape index (κ2) is 3.85. The Hall–Kier alpha value is -1.89. The number of nitrogen functional groups attached to an aromatic ring is 1. The van der Waals surface area contributed by atoms with Crippen LogP contribution in [0.3, 0.4) is 0 Å². The molecule has 0 spiro atoms. The number of aryl methyl sites for hydroxylation is 1. The van der Waals surface area contributed by atoms with E-state index < -0.39 is 0 Å². The number of rotatable bonds is 1. The molecule has 0 radical (unpaired) electrons. The molecule has 17 heavy (non-hydrogen) atoms. The third-order valence-corrected chi connectivity index (χ3v) is 2.90. The van der Waals surface area contributed by atoms with Crippen LogP contribution in [0.2, 0.25) is 0 Å². The molecular weight excluding hydrogens is 220 g/mol. The molecule has 1 fully saturated rings. The first-order valence-corrected chi connectivity index (χ1v) is 5.53. The van der Waals surface area contributed by atoms with Crippen molar-refractivity contribution in [2.45, 2.75) is 0 Å². The summed E-state index contributed by atoms with van der Waals surface area (Å²) in [5.41, 5.74) is 6.50. The Kier molecular flexibility index (Phi) is 2.32. The second-order valence-electron chi connectivity index (χ2n) is 4.01. The van der Waals surface area contributed by atoms with Gasteiger partial charge in [0, 0.05) is 20.1 Å².